The van der Waals surface area contributed by atoms with Crippen LogP contribution in [0, 0.1) is 0 Å². The number of unbranched alkanes of at least 4 members (excludes halogenated alkanes) is 1. The smallest absolute Gasteiger partial charge is 0.329 e. The van der Waals surface area contributed by atoms with Gasteiger partial charge in [-0.05, 0) is 24.6 Å². The van der Waals surface area contributed by atoms with Crippen LogP contribution in [0.25, 0.3) is 0 Å². The zero-order chi connectivity index (χ0) is 15.0. The molecule has 1 aromatic carbocycles. The van der Waals surface area contributed by atoms with Crippen molar-refractivity contribution in [3.05, 3.63) is 23.8 Å². The summed E-state index contributed by atoms with van der Waals surface area (Å²) in [6, 6.07) is 5.29. The molecule has 0 spiro atoms. The average Bonchev–Trinajstić information content (AvgIpc) is 2.44. The second kappa shape index (κ2) is 8.37. The molecule has 0 aliphatic carbocycles. The van der Waals surface area contributed by atoms with Gasteiger partial charge in [-0.1, -0.05) is 25.6 Å². The second-order valence-electron chi connectivity index (χ2n) is 4.09. The normalized spacial score (nSPS) is 9.75. The molecule has 0 fully saturated rings. The highest BCUT2D eigenvalue weighted by molar-refractivity contribution is 7.80. The van der Waals surface area contributed by atoms with Gasteiger partial charge in [-0.2, -0.15) is 0 Å². The van der Waals surface area contributed by atoms with E-state index in [-0.39, 0.29) is 0 Å². The van der Waals surface area contributed by atoms with Crippen LogP contribution in [0.5, 0.6) is 11.5 Å². The molecule has 1 aromatic rings. The van der Waals surface area contributed by atoms with E-state index in [0.29, 0.717) is 28.7 Å². The van der Waals surface area contributed by atoms with Crippen molar-refractivity contribution in [1.29, 1.82) is 0 Å². The molecule has 0 saturated carbocycles. The third-order valence-electron chi connectivity index (χ3n) is 2.47. The maximum Gasteiger partial charge on any atom is 0.329 e. The molecule has 0 aromatic heterocycles. The summed E-state index contributed by atoms with van der Waals surface area (Å²) in [4.78, 5) is 15.7. The lowest BCUT2D eigenvalue weighted by Crippen LogP contribution is -2.24. The van der Waals surface area contributed by atoms with Crippen LogP contribution >= 0.6 is 12.2 Å². The first kappa shape index (κ1) is 16.2. The number of methoxy groups -OCH3 is 1. The number of nitrogens with one attached hydrogen (secondary N) is 1. The first-order chi connectivity index (χ1) is 9.58. The van der Waals surface area contributed by atoms with Crippen molar-refractivity contribution >= 4 is 23.2 Å². The van der Waals surface area contributed by atoms with Gasteiger partial charge in [-0.3, -0.25) is 4.79 Å². The fourth-order valence-electron chi connectivity index (χ4n) is 1.43. The van der Waals surface area contributed by atoms with Gasteiger partial charge in [0.2, 0.25) is 0 Å². The van der Waals surface area contributed by atoms with Crippen LogP contribution in [-0.4, -0.2) is 24.7 Å². The molecule has 0 atom stereocenters. The Bertz CT molecular complexity index is 476. The molecule has 1 N–H and O–H groups in total. The molecule has 0 radical (unpaired) electrons. The van der Waals surface area contributed by atoms with E-state index < -0.39 is 5.97 Å². The van der Waals surface area contributed by atoms with E-state index >= 15 is 0 Å². The molecule has 0 aliphatic heterocycles. The van der Waals surface area contributed by atoms with Gasteiger partial charge < -0.3 is 14.3 Å². The standard InChI is InChI=1S/C14H19NO4S/c1-4-5-8-18-13-9-11(6-7-12(13)17-3)14(20)15-19-10(2)16/h6-7,9H,4-5,8H2,1-3H3,(H,15,20). The van der Waals surface area contributed by atoms with E-state index in [9.17, 15) is 4.79 Å². The third kappa shape index (κ3) is 5.05. The summed E-state index contributed by atoms with van der Waals surface area (Å²) >= 11 is 5.13. The summed E-state index contributed by atoms with van der Waals surface area (Å²) in [5.74, 6) is 0.797. The van der Waals surface area contributed by atoms with Gasteiger partial charge >= 0.3 is 5.97 Å². The SMILES string of the molecule is CCCCOc1cc(C(=S)NOC(C)=O)ccc1OC. The Balaban J connectivity index is 2.79. The quantitative estimate of drug-likeness (QED) is 0.495. The highest BCUT2D eigenvalue weighted by Crippen LogP contribution is 2.28. The van der Waals surface area contributed by atoms with Gasteiger partial charge in [0.15, 0.2) is 11.5 Å². The lowest BCUT2D eigenvalue weighted by molar-refractivity contribution is -0.144. The molecule has 1 rings (SSSR count). The average molecular weight is 297 g/mol. The highest BCUT2D eigenvalue weighted by atomic mass is 32.1. The molecule has 6 heteroatoms. The van der Waals surface area contributed by atoms with Crippen molar-refractivity contribution < 1.29 is 19.1 Å². The van der Waals surface area contributed by atoms with Gasteiger partial charge in [0, 0.05) is 12.5 Å². The van der Waals surface area contributed by atoms with Crippen molar-refractivity contribution in [1.82, 2.24) is 5.48 Å². The van der Waals surface area contributed by atoms with Crippen molar-refractivity contribution in [2.45, 2.75) is 26.7 Å². The molecular weight excluding hydrogens is 278 g/mol. The first-order valence-corrected chi connectivity index (χ1v) is 6.78. The molecule has 110 valence electrons. The first-order valence-electron chi connectivity index (χ1n) is 6.37. The Labute approximate surface area is 124 Å². The Kier molecular flexibility index (Phi) is 6.79. The minimum Gasteiger partial charge on any atom is -0.493 e. The number of benzene rings is 1. The van der Waals surface area contributed by atoms with Crippen LogP contribution in [0.1, 0.15) is 32.3 Å². The summed E-state index contributed by atoms with van der Waals surface area (Å²) < 4.78 is 10.9. The summed E-state index contributed by atoms with van der Waals surface area (Å²) in [5.41, 5.74) is 3.10. The van der Waals surface area contributed by atoms with E-state index in [1.54, 1.807) is 25.3 Å². The van der Waals surface area contributed by atoms with Crippen molar-refractivity contribution in [3.63, 3.8) is 0 Å². The topological polar surface area (TPSA) is 56.8 Å². The van der Waals surface area contributed by atoms with Gasteiger partial charge in [0.05, 0.1) is 13.7 Å². The number of carbonyl (C=O) groups is 1. The Morgan fingerprint density at radius 2 is 2.10 bits per heavy atom. The van der Waals surface area contributed by atoms with E-state index in [0.717, 1.165) is 12.8 Å². The van der Waals surface area contributed by atoms with Gasteiger partial charge in [0.25, 0.3) is 0 Å². The predicted octanol–water partition coefficient (Wildman–Crippen LogP) is 2.62. The Morgan fingerprint density at radius 3 is 2.70 bits per heavy atom. The van der Waals surface area contributed by atoms with E-state index in [2.05, 4.69) is 17.2 Å². The maximum atomic E-state index is 10.7. The van der Waals surface area contributed by atoms with Crippen LogP contribution in [0.3, 0.4) is 0 Å². The number of hydrogen-bond acceptors (Lipinski definition) is 5. The maximum absolute atomic E-state index is 10.7. The van der Waals surface area contributed by atoms with Crippen LogP contribution in [-0.2, 0) is 9.63 Å². The number of hydrogen-bond donors (Lipinski definition) is 1. The van der Waals surface area contributed by atoms with Gasteiger partial charge in [-0.15, -0.1) is 0 Å². The molecule has 0 unspecified atom stereocenters. The molecular formula is C14H19NO4S. The number of ether oxygens (including phenoxy) is 2. The summed E-state index contributed by atoms with van der Waals surface area (Å²) in [5, 5.41) is 0. The molecule has 0 saturated heterocycles. The van der Waals surface area contributed by atoms with Crippen molar-refractivity contribution in [3.8, 4) is 11.5 Å². The lowest BCUT2D eigenvalue weighted by Gasteiger charge is -2.13. The van der Waals surface area contributed by atoms with Crippen LogP contribution in [0.4, 0.5) is 0 Å². The van der Waals surface area contributed by atoms with E-state index in [1.807, 2.05) is 0 Å². The van der Waals surface area contributed by atoms with Crippen molar-refractivity contribution in [2.24, 2.45) is 0 Å². The number of thiocarbonyl (C=S) groups is 1. The molecule has 0 aliphatic rings. The predicted molar refractivity (Wildman–Crippen MR) is 80.0 cm³/mol. The third-order valence-corrected chi connectivity index (χ3v) is 2.79. The number of rotatable bonds is 6. The molecule has 5 nitrogen and oxygen atoms in total. The zero-order valence-electron chi connectivity index (χ0n) is 11.9. The molecule has 0 amide bonds. The monoisotopic (exact) mass is 297 g/mol. The molecule has 0 heterocycles. The minimum absolute atomic E-state index is 0.309. The summed E-state index contributed by atoms with van der Waals surface area (Å²) in [6.07, 6.45) is 2.01. The lowest BCUT2D eigenvalue weighted by atomic mass is 10.2. The largest absolute Gasteiger partial charge is 0.493 e. The second-order valence-corrected chi connectivity index (χ2v) is 4.50. The summed E-state index contributed by atoms with van der Waals surface area (Å²) in [7, 11) is 1.58. The minimum atomic E-state index is -0.458. The fraction of sp³-hybridized carbons (Fsp3) is 0.429. The van der Waals surface area contributed by atoms with Gasteiger partial charge in [0.1, 0.15) is 4.99 Å². The Morgan fingerprint density at radius 1 is 1.35 bits per heavy atom. The molecule has 0 bridgehead atoms. The highest BCUT2D eigenvalue weighted by Gasteiger charge is 2.09. The Hall–Kier alpha value is -1.82. The number of hydroxylamine groups is 1. The van der Waals surface area contributed by atoms with Crippen LogP contribution < -0.4 is 15.0 Å². The molecule has 20 heavy (non-hydrogen) atoms. The van der Waals surface area contributed by atoms with Crippen LogP contribution in [0.15, 0.2) is 18.2 Å². The van der Waals surface area contributed by atoms with E-state index in [1.165, 1.54) is 6.92 Å². The van der Waals surface area contributed by atoms with Gasteiger partial charge in [-0.25, -0.2) is 5.48 Å². The van der Waals surface area contributed by atoms with E-state index in [4.69, 9.17) is 21.7 Å². The summed E-state index contributed by atoms with van der Waals surface area (Å²) in [6.45, 7) is 4.00. The van der Waals surface area contributed by atoms with Crippen LogP contribution in [0.2, 0.25) is 0 Å². The van der Waals surface area contributed by atoms with Crippen molar-refractivity contribution in [2.75, 3.05) is 13.7 Å². The zero-order valence-corrected chi connectivity index (χ0v) is 12.7. The fourth-order valence-corrected chi connectivity index (χ4v) is 1.60. The number of carbonyl (C=O) groups excluding carboxylic acids is 1.